The monoisotopic (exact) mass is 315 g/mol. The van der Waals surface area contributed by atoms with E-state index in [4.69, 9.17) is 4.74 Å². The number of carbonyl (C=O) groups is 1. The van der Waals surface area contributed by atoms with Crippen molar-refractivity contribution in [3.63, 3.8) is 0 Å². The van der Waals surface area contributed by atoms with Crippen LogP contribution in [0, 0.1) is 0 Å². The van der Waals surface area contributed by atoms with Crippen LogP contribution in [0.3, 0.4) is 0 Å². The molecule has 1 amide bonds. The molecule has 0 unspecified atom stereocenters. The highest BCUT2D eigenvalue weighted by atomic mass is 16.5. The maximum Gasteiger partial charge on any atom is 0.254 e. The van der Waals surface area contributed by atoms with E-state index in [1.165, 1.54) is 64.2 Å². The lowest BCUT2D eigenvalue weighted by Crippen LogP contribution is -2.48. The van der Waals surface area contributed by atoms with Crippen molar-refractivity contribution in [1.29, 1.82) is 0 Å². The summed E-state index contributed by atoms with van der Waals surface area (Å²) in [4.78, 5) is 15.5. The van der Waals surface area contributed by atoms with Gasteiger partial charge in [0.15, 0.2) is 0 Å². The van der Waals surface area contributed by atoms with Gasteiger partial charge in [0.05, 0.1) is 7.11 Å². The largest absolute Gasteiger partial charge is 0.497 e. The van der Waals surface area contributed by atoms with Gasteiger partial charge in [0.25, 0.3) is 5.91 Å². The van der Waals surface area contributed by atoms with Crippen molar-refractivity contribution in [3.05, 3.63) is 29.8 Å². The van der Waals surface area contributed by atoms with Crippen molar-refractivity contribution >= 4 is 5.91 Å². The Labute approximate surface area is 140 Å². The van der Waals surface area contributed by atoms with Crippen molar-refractivity contribution in [2.75, 3.05) is 7.11 Å². The van der Waals surface area contributed by atoms with E-state index >= 15 is 0 Å². The van der Waals surface area contributed by atoms with Gasteiger partial charge >= 0.3 is 0 Å². The van der Waals surface area contributed by atoms with Gasteiger partial charge in [-0.15, -0.1) is 0 Å². The Morgan fingerprint density at radius 3 is 2.04 bits per heavy atom. The second-order valence-electron chi connectivity index (χ2n) is 7.03. The minimum atomic E-state index is 0.211. The van der Waals surface area contributed by atoms with Crippen LogP contribution in [0.4, 0.5) is 0 Å². The molecule has 1 aromatic carbocycles. The Hall–Kier alpha value is -1.51. The second kappa shape index (κ2) is 7.85. The Morgan fingerprint density at radius 2 is 1.52 bits per heavy atom. The molecular weight excluding hydrogens is 286 g/mol. The number of hydrogen-bond acceptors (Lipinski definition) is 2. The van der Waals surface area contributed by atoms with Crippen LogP contribution in [0.25, 0.3) is 0 Å². The average molecular weight is 315 g/mol. The molecule has 2 saturated carbocycles. The van der Waals surface area contributed by atoms with Gasteiger partial charge in [-0.05, 0) is 43.9 Å². The summed E-state index contributed by atoms with van der Waals surface area (Å²) in [5.41, 5.74) is 0.778. The van der Waals surface area contributed by atoms with E-state index in [1.54, 1.807) is 7.11 Å². The number of rotatable bonds is 4. The molecule has 0 radical (unpaired) electrons. The first-order chi connectivity index (χ1) is 11.3. The van der Waals surface area contributed by atoms with Crippen LogP contribution < -0.4 is 4.74 Å². The zero-order chi connectivity index (χ0) is 16.1. The highest BCUT2D eigenvalue weighted by Gasteiger charge is 2.33. The normalized spacial score (nSPS) is 20.2. The summed E-state index contributed by atoms with van der Waals surface area (Å²) in [6.07, 6.45) is 12.4. The summed E-state index contributed by atoms with van der Waals surface area (Å²) in [6, 6.07) is 8.52. The molecule has 0 spiro atoms. The second-order valence-corrected chi connectivity index (χ2v) is 7.03. The fourth-order valence-electron chi connectivity index (χ4n) is 4.25. The van der Waals surface area contributed by atoms with Gasteiger partial charge in [-0.1, -0.05) is 44.6 Å². The fourth-order valence-corrected chi connectivity index (χ4v) is 4.25. The molecule has 0 aliphatic heterocycles. The summed E-state index contributed by atoms with van der Waals surface area (Å²) in [6.45, 7) is 0. The summed E-state index contributed by atoms with van der Waals surface area (Å²) in [5, 5.41) is 0. The lowest BCUT2D eigenvalue weighted by molar-refractivity contribution is 0.0448. The van der Waals surface area contributed by atoms with Crippen molar-refractivity contribution in [1.82, 2.24) is 4.90 Å². The lowest BCUT2D eigenvalue weighted by Gasteiger charge is -2.42. The number of nitrogens with zero attached hydrogens (tertiary/aromatic N) is 1. The van der Waals surface area contributed by atoms with Gasteiger partial charge < -0.3 is 9.64 Å². The third kappa shape index (κ3) is 3.88. The molecule has 0 saturated heterocycles. The highest BCUT2D eigenvalue weighted by molar-refractivity contribution is 5.95. The molecule has 3 rings (SSSR count). The summed E-state index contributed by atoms with van der Waals surface area (Å²) in [5.74, 6) is 0.978. The first kappa shape index (κ1) is 16.4. The molecule has 2 fully saturated rings. The third-order valence-electron chi connectivity index (χ3n) is 5.49. The number of benzene rings is 1. The zero-order valence-corrected chi connectivity index (χ0v) is 14.3. The minimum Gasteiger partial charge on any atom is -0.497 e. The van der Waals surface area contributed by atoms with Crippen molar-refractivity contribution in [2.45, 2.75) is 76.3 Å². The Balaban J connectivity index is 1.84. The van der Waals surface area contributed by atoms with Crippen LogP contribution in [0.2, 0.25) is 0 Å². The van der Waals surface area contributed by atoms with E-state index in [9.17, 15) is 4.79 Å². The maximum absolute atomic E-state index is 13.3. The number of amides is 1. The van der Waals surface area contributed by atoms with E-state index in [0.29, 0.717) is 12.1 Å². The predicted molar refractivity (Wildman–Crippen MR) is 92.9 cm³/mol. The molecule has 0 atom stereocenters. The van der Waals surface area contributed by atoms with Gasteiger partial charge in [-0.2, -0.15) is 0 Å². The number of ether oxygens (including phenoxy) is 1. The molecule has 0 heterocycles. The first-order valence-corrected chi connectivity index (χ1v) is 9.26. The van der Waals surface area contributed by atoms with Crippen LogP contribution >= 0.6 is 0 Å². The molecule has 0 aromatic heterocycles. The van der Waals surface area contributed by atoms with Crippen LogP contribution in [-0.4, -0.2) is 30.0 Å². The molecule has 126 valence electrons. The average Bonchev–Trinajstić information content (AvgIpc) is 2.64. The van der Waals surface area contributed by atoms with E-state index < -0.39 is 0 Å². The molecule has 0 N–H and O–H groups in total. The molecule has 2 aliphatic rings. The molecule has 23 heavy (non-hydrogen) atoms. The Morgan fingerprint density at radius 1 is 0.957 bits per heavy atom. The van der Waals surface area contributed by atoms with Crippen LogP contribution in [0.1, 0.15) is 74.6 Å². The van der Waals surface area contributed by atoms with Gasteiger partial charge in [-0.3, -0.25) is 4.79 Å². The number of carbonyl (C=O) groups excluding carboxylic acids is 1. The smallest absolute Gasteiger partial charge is 0.254 e. The fraction of sp³-hybridized carbons (Fsp3) is 0.650. The van der Waals surface area contributed by atoms with E-state index in [-0.39, 0.29) is 5.91 Å². The van der Waals surface area contributed by atoms with Crippen molar-refractivity contribution in [2.24, 2.45) is 0 Å². The number of hydrogen-bond donors (Lipinski definition) is 0. The standard InChI is InChI=1S/C20H29NO2/c1-23-19-14-8-9-16(15-19)20(22)21(17-10-4-2-5-11-17)18-12-6-3-7-13-18/h8-9,14-15,17-18H,2-7,10-13H2,1H3. The predicted octanol–water partition coefficient (Wildman–Crippen LogP) is 4.80. The minimum absolute atomic E-state index is 0.211. The van der Waals surface area contributed by atoms with Gasteiger partial charge in [0.2, 0.25) is 0 Å². The first-order valence-electron chi connectivity index (χ1n) is 9.26. The van der Waals surface area contributed by atoms with Crippen LogP contribution in [-0.2, 0) is 0 Å². The third-order valence-corrected chi connectivity index (χ3v) is 5.49. The van der Waals surface area contributed by atoms with Gasteiger partial charge in [0, 0.05) is 17.6 Å². The molecule has 3 nitrogen and oxygen atoms in total. The topological polar surface area (TPSA) is 29.5 Å². The lowest BCUT2D eigenvalue weighted by atomic mass is 9.88. The Kier molecular flexibility index (Phi) is 5.58. The SMILES string of the molecule is COc1cccc(C(=O)N(C2CCCCC2)C2CCCCC2)c1. The quantitative estimate of drug-likeness (QED) is 0.798. The molecule has 3 heteroatoms. The molecule has 1 aromatic rings. The summed E-state index contributed by atoms with van der Waals surface area (Å²) >= 11 is 0. The van der Waals surface area contributed by atoms with Crippen LogP contribution in [0.15, 0.2) is 24.3 Å². The molecule has 0 bridgehead atoms. The molecule has 2 aliphatic carbocycles. The molecular formula is C20H29NO2. The Bertz CT molecular complexity index is 498. The highest BCUT2D eigenvalue weighted by Crippen LogP contribution is 2.31. The van der Waals surface area contributed by atoms with Gasteiger partial charge in [-0.25, -0.2) is 0 Å². The number of methoxy groups -OCH3 is 1. The van der Waals surface area contributed by atoms with Crippen molar-refractivity contribution < 1.29 is 9.53 Å². The summed E-state index contributed by atoms with van der Waals surface area (Å²) < 4.78 is 5.30. The summed E-state index contributed by atoms with van der Waals surface area (Å²) in [7, 11) is 1.66. The van der Waals surface area contributed by atoms with Crippen LogP contribution in [0.5, 0.6) is 5.75 Å². The van der Waals surface area contributed by atoms with E-state index in [0.717, 1.165) is 11.3 Å². The van der Waals surface area contributed by atoms with Gasteiger partial charge in [0.1, 0.15) is 5.75 Å². The zero-order valence-electron chi connectivity index (χ0n) is 14.3. The van der Waals surface area contributed by atoms with Crippen molar-refractivity contribution in [3.8, 4) is 5.75 Å². The maximum atomic E-state index is 13.3. The van der Waals surface area contributed by atoms with E-state index in [2.05, 4.69) is 4.90 Å². The van der Waals surface area contributed by atoms with E-state index in [1.807, 2.05) is 24.3 Å².